The van der Waals surface area contributed by atoms with Crippen LogP contribution in [0, 0.1) is 5.92 Å². The van der Waals surface area contributed by atoms with Gasteiger partial charge in [0.05, 0.1) is 0 Å². The molecule has 2 unspecified atom stereocenters. The second-order valence-corrected chi connectivity index (χ2v) is 8.52. The summed E-state index contributed by atoms with van der Waals surface area (Å²) >= 11 is 17.4. The summed E-state index contributed by atoms with van der Waals surface area (Å²) in [5, 5.41) is 2.68. The number of nitrogens with zero attached hydrogens (tertiary/aromatic N) is 1. The van der Waals surface area contributed by atoms with Crippen LogP contribution in [0.5, 0.6) is 0 Å². The molecule has 0 bridgehead atoms. The number of nitrogens with one attached hydrogen (secondary N) is 1. The molecule has 1 saturated heterocycles. The van der Waals surface area contributed by atoms with Gasteiger partial charge in [0.2, 0.25) is 0 Å². The summed E-state index contributed by atoms with van der Waals surface area (Å²) in [6, 6.07) is -1.02. The number of halogens is 3. The van der Waals surface area contributed by atoms with Gasteiger partial charge in [-0.15, -0.1) is 0 Å². The van der Waals surface area contributed by atoms with Crippen molar-refractivity contribution in [3.05, 3.63) is 0 Å². The van der Waals surface area contributed by atoms with Gasteiger partial charge in [0.25, 0.3) is 9.03 Å². The number of alkyl halides is 3. The van der Waals surface area contributed by atoms with Crippen molar-refractivity contribution in [2.24, 2.45) is 5.92 Å². The van der Waals surface area contributed by atoms with E-state index in [1.165, 1.54) is 0 Å². The van der Waals surface area contributed by atoms with Crippen LogP contribution >= 0.6 is 46.8 Å². The predicted octanol–water partition coefficient (Wildman–Crippen LogP) is 3.45. The van der Waals surface area contributed by atoms with Crippen molar-refractivity contribution in [2.45, 2.75) is 48.7 Å². The molecule has 0 saturated carbocycles. The van der Waals surface area contributed by atoms with Crippen LogP contribution in [0.3, 0.4) is 0 Å². The molecule has 0 aromatic heterocycles. The van der Waals surface area contributed by atoms with E-state index in [1.807, 2.05) is 6.92 Å². The first-order valence-electron chi connectivity index (χ1n) is 6.20. The molecule has 1 rings (SSSR count). The van der Waals surface area contributed by atoms with E-state index in [0.717, 1.165) is 30.0 Å². The summed E-state index contributed by atoms with van der Waals surface area (Å²) in [5.74, 6) is -0.207. The van der Waals surface area contributed by atoms with Gasteiger partial charge >= 0.3 is 35.6 Å². The number of imide groups is 1. The number of carbonyl (C=O) groups is 2. The van der Waals surface area contributed by atoms with Gasteiger partial charge in [-0.25, -0.2) is 4.79 Å². The van der Waals surface area contributed by atoms with Gasteiger partial charge in [0.15, 0.2) is 0 Å². The van der Waals surface area contributed by atoms with Gasteiger partial charge < -0.3 is 5.32 Å². The Labute approximate surface area is 161 Å². The molecule has 2 atom stereocenters. The first kappa shape index (κ1) is 21.2. The number of hydrogen-bond acceptors (Lipinski definition) is 3. The molecule has 0 aromatic carbocycles. The third kappa shape index (κ3) is 6.11. The quantitative estimate of drug-likeness (QED) is 0.337. The van der Waals surface area contributed by atoms with Gasteiger partial charge in [-0.2, -0.15) is 4.31 Å². The first-order chi connectivity index (χ1) is 8.80. The number of unbranched alkanes of at least 4 members (excludes halogenated alkanes) is 1. The Kier molecular flexibility index (Phi) is 9.87. The van der Waals surface area contributed by atoms with Crippen LogP contribution in [0.15, 0.2) is 0 Å². The fraction of sp³-hybridized carbons (Fsp3) is 0.818. The van der Waals surface area contributed by atoms with Crippen molar-refractivity contribution in [2.75, 3.05) is 0 Å². The standard InChI is InChI=1S/C11H17Cl3N2O2S.Na.H/c1-3-5-6-7(4-2)8-9(17)16(10(18)15-8)19-11(12,13)14;;/h7-8H,3-6H2,1-2H3,(H,15,18);;. The van der Waals surface area contributed by atoms with Crippen molar-refractivity contribution < 1.29 is 9.59 Å². The molecular weight excluding hydrogens is 354 g/mol. The molecule has 20 heavy (non-hydrogen) atoms. The molecule has 3 amide bonds. The van der Waals surface area contributed by atoms with Crippen molar-refractivity contribution >= 4 is 88.2 Å². The predicted molar refractivity (Wildman–Crippen MR) is 87.5 cm³/mol. The first-order valence-corrected chi connectivity index (χ1v) is 8.11. The van der Waals surface area contributed by atoms with E-state index < -0.39 is 15.2 Å². The van der Waals surface area contributed by atoms with E-state index in [4.69, 9.17) is 34.8 Å². The Hall–Kier alpha value is 1.16. The Morgan fingerprint density at radius 1 is 1.35 bits per heavy atom. The molecule has 4 nitrogen and oxygen atoms in total. The summed E-state index contributed by atoms with van der Waals surface area (Å²) in [6.45, 7) is 4.09. The molecule has 1 fully saturated rings. The molecule has 9 heteroatoms. The van der Waals surface area contributed by atoms with E-state index >= 15 is 0 Å². The molecule has 1 heterocycles. The van der Waals surface area contributed by atoms with Gasteiger partial charge in [-0.3, -0.25) is 4.79 Å². The Bertz CT molecular complexity index is 355. The summed E-state index contributed by atoms with van der Waals surface area (Å²) in [6.07, 6.45) is 3.80. The number of hydrogen-bond donors (Lipinski definition) is 1. The van der Waals surface area contributed by atoms with Crippen molar-refractivity contribution in [3.63, 3.8) is 0 Å². The van der Waals surface area contributed by atoms with E-state index in [9.17, 15) is 9.59 Å². The molecule has 1 aliphatic rings. The van der Waals surface area contributed by atoms with Crippen LogP contribution < -0.4 is 5.32 Å². The Morgan fingerprint density at radius 3 is 2.40 bits per heavy atom. The molecule has 1 aliphatic heterocycles. The zero-order valence-corrected chi connectivity index (χ0v) is 13.9. The van der Waals surface area contributed by atoms with Gasteiger partial charge in [-0.05, 0) is 12.3 Å². The van der Waals surface area contributed by atoms with Crippen molar-refractivity contribution in [3.8, 4) is 0 Å². The zero-order chi connectivity index (χ0) is 14.6. The third-order valence-electron chi connectivity index (χ3n) is 3.05. The van der Waals surface area contributed by atoms with Crippen molar-refractivity contribution in [1.29, 1.82) is 0 Å². The Balaban J connectivity index is 0.00000361. The van der Waals surface area contributed by atoms with Crippen molar-refractivity contribution in [1.82, 2.24) is 9.62 Å². The fourth-order valence-electron chi connectivity index (χ4n) is 2.06. The normalized spacial score (nSPS) is 20.6. The Morgan fingerprint density at radius 2 is 1.95 bits per heavy atom. The van der Waals surface area contributed by atoms with E-state index in [-0.39, 0.29) is 41.4 Å². The van der Waals surface area contributed by atoms with Crippen LogP contribution in [0.4, 0.5) is 4.79 Å². The second-order valence-electron chi connectivity index (χ2n) is 4.41. The molecule has 0 spiro atoms. The maximum atomic E-state index is 12.2. The van der Waals surface area contributed by atoms with Gasteiger partial charge in [-0.1, -0.05) is 67.9 Å². The average Bonchev–Trinajstić information content (AvgIpc) is 2.57. The number of rotatable bonds is 6. The SMILES string of the molecule is CCCCC(CC)C1NC(=O)N(SC(Cl)(Cl)Cl)C1=O.[NaH]. The monoisotopic (exact) mass is 370 g/mol. The van der Waals surface area contributed by atoms with E-state index in [1.54, 1.807) is 0 Å². The fourth-order valence-corrected chi connectivity index (χ4v) is 3.23. The minimum absolute atomic E-state index is 0. The molecule has 112 valence electrons. The molecule has 0 aliphatic carbocycles. The van der Waals surface area contributed by atoms with Crippen LogP contribution in [0.25, 0.3) is 0 Å². The van der Waals surface area contributed by atoms with Crippen LogP contribution in [-0.2, 0) is 4.79 Å². The molecule has 1 N–H and O–H groups in total. The van der Waals surface area contributed by atoms with Gasteiger partial charge in [0.1, 0.15) is 6.04 Å². The number of urea groups is 1. The van der Waals surface area contributed by atoms with Crippen LogP contribution in [0.1, 0.15) is 39.5 Å². The zero-order valence-electron chi connectivity index (χ0n) is 10.8. The molecule has 0 radical (unpaired) electrons. The molecule has 0 aromatic rings. The van der Waals surface area contributed by atoms with Crippen LogP contribution in [0.2, 0.25) is 0 Å². The van der Waals surface area contributed by atoms with Gasteiger partial charge in [0, 0.05) is 11.9 Å². The maximum absolute atomic E-state index is 12.2. The third-order valence-corrected chi connectivity index (χ3v) is 4.41. The summed E-state index contributed by atoms with van der Waals surface area (Å²) in [7, 11) is 0. The topological polar surface area (TPSA) is 49.4 Å². The number of carbonyl (C=O) groups excluding carboxylic acids is 2. The summed E-state index contributed by atoms with van der Waals surface area (Å²) in [4.78, 5) is 24.0. The average molecular weight is 372 g/mol. The molecular formula is C11H18Cl3N2NaO2S. The van der Waals surface area contributed by atoms with E-state index in [0.29, 0.717) is 11.9 Å². The summed E-state index contributed by atoms with van der Waals surface area (Å²) in [5.41, 5.74) is 0. The van der Waals surface area contributed by atoms with Crippen LogP contribution in [-0.4, -0.2) is 55.0 Å². The second kappa shape index (κ2) is 9.33. The number of amides is 3. The van der Waals surface area contributed by atoms with E-state index in [2.05, 4.69) is 12.2 Å². The minimum atomic E-state index is -1.73. The summed E-state index contributed by atoms with van der Waals surface area (Å²) < 4.78 is -0.820.